The molecule has 4 nitrogen and oxygen atoms in total. The van der Waals surface area contributed by atoms with Crippen LogP contribution in [0.4, 0.5) is 13.2 Å². The van der Waals surface area contributed by atoms with Gasteiger partial charge in [0.2, 0.25) is 0 Å². The van der Waals surface area contributed by atoms with Gasteiger partial charge in [-0.25, -0.2) is 0 Å². The molecule has 112 valence electrons. The lowest BCUT2D eigenvalue weighted by Gasteiger charge is -2.31. The van der Waals surface area contributed by atoms with Crippen LogP contribution in [0.15, 0.2) is 0 Å². The number of piperidine rings is 1. The van der Waals surface area contributed by atoms with Gasteiger partial charge >= 0.3 is 12.1 Å². The molecular formula is C11H18ClF3N2O2. The number of halogens is 4. The van der Waals surface area contributed by atoms with E-state index in [2.05, 4.69) is 10.6 Å². The number of hydrogen-bond acceptors (Lipinski definition) is 3. The summed E-state index contributed by atoms with van der Waals surface area (Å²) in [5.74, 6) is -1.63. The number of carbonyl (C=O) groups excluding carboxylic acids is 1. The minimum absolute atomic E-state index is 0. The second-order valence-corrected chi connectivity index (χ2v) is 4.79. The molecule has 0 aliphatic carbocycles. The van der Waals surface area contributed by atoms with Crippen molar-refractivity contribution in [2.45, 2.75) is 37.6 Å². The van der Waals surface area contributed by atoms with Gasteiger partial charge < -0.3 is 15.4 Å². The van der Waals surface area contributed by atoms with E-state index in [-0.39, 0.29) is 24.4 Å². The van der Waals surface area contributed by atoms with Crippen molar-refractivity contribution < 1.29 is 22.7 Å². The van der Waals surface area contributed by atoms with Gasteiger partial charge in [-0.2, -0.15) is 13.2 Å². The molecule has 1 amide bonds. The Kier molecular flexibility index (Phi) is 5.88. The number of rotatable bonds is 2. The van der Waals surface area contributed by atoms with E-state index in [1.54, 1.807) is 0 Å². The lowest BCUT2D eigenvalue weighted by Crippen LogP contribution is -2.49. The molecule has 2 N–H and O–H groups in total. The zero-order valence-corrected chi connectivity index (χ0v) is 11.1. The van der Waals surface area contributed by atoms with Crippen LogP contribution in [0, 0.1) is 5.92 Å². The van der Waals surface area contributed by atoms with Crippen LogP contribution in [0.2, 0.25) is 0 Å². The van der Waals surface area contributed by atoms with Gasteiger partial charge in [0.1, 0.15) is 0 Å². The maximum Gasteiger partial charge on any atom is 0.471 e. The van der Waals surface area contributed by atoms with Crippen LogP contribution in [0.25, 0.3) is 0 Å². The fourth-order valence-electron chi connectivity index (χ4n) is 2.65. The van der Waals surface area contributed by atoms with Gasteiger partial charge in [0, 0.05) is 6.61 Å². The minimum atomic E-state index is -4.82. The van der Waals surface area contributed by atoms with Crippen molar-refractivity contribution in [3.8, 4) is 0 Å². The van der Waals surface area contributed by atoms with E-state index >= 15 is 0 Å². The van der Waals surface area contributed by atoms with Crippen LogP contribution in [-0.2, 0) is 9.53 Å². The summed E-state index contributed by atoms with van der Waals surface area (Å²) < 4.78 is 42.1. The van der Waals surface area contributed by atoms with E-state index in [9.17, 15) is 18.0 Å². The monoisotopic (exact) mass is 302 g/mol. The number of carbonyl (C=O) groups is 1. The topological polar surface area (TPSA) is 50.4 Å². The molecule has 19 heavy (non-hydrogen) atoms. The fourth-order valence-corrected chi connectivity index (χ4v) is 2.65. The highest BCUT2D eigenvalue weighted by atomic mass is 35.5. The van der Waals surface area contributed by atoms with Crippen molar-refractivity contribution in [2.24, 2.45) is 5.92 Å². The summed E-state index contributed by atoms with van der Waals surface area (Å²) in [6, 6.07) is -0.512. The third-order valence-corrected chi connectivity index (χ3v) is 3.56. The molecule has 2 fully saturated rings. The first kappa shape index (κ1) is 16.5. The number of nitrogens with one attached hydrogen (secondary N) is 2. The number of hydrogen-bond donors (Lipinski definition) is 2. The Labute approximate surface area is 115 Å². The smallest absolute Gasteiger partial charge is 0.376 e. The Morgan fingerprint density at radius 3 is 2.42 bits per heavy atom. The Morgan fingerprint density at radius 1 is 1.21 bits per heavy atom. The molecule has 0 saturated carbocycles. The Bertz CT molecular complexity index is 309. The third kappa shape index (κ3) is 4.22. The average Bonchev–Trinajstić information content (AvgIpc) is 2.77. The maximum absolute atomic E-state index is 12.2. The summed E-state index contributed by atoms with van der Waals surface area (Å²) in [7, 11) is 0. The quantitative estimate of drug-likeness (QED) is 0.807. The Hall–Kier alpha value is -0.530. The van der Waals surface area contributed by atoms with Gasteiger partial charge in [0.15, 0.2) is 0 Å². The van der Waals surface area contributed by atoms with E-state index in [1.165, 1.54) is 0 Å². The van der Waals surface area contributed by atoms with Crippen LogP contribution < -0.4 is 10.6 Å². The third-order valence-electron chi connectivity index (χ3n) is 3.56. The molecule has 0 spiro atoms. The molecule has 2 heterocycles. The number of ether oxygens (including phenoxy) is 1. The standard InChI is InChI=1S/C11H17F3N2O2.ClH/c12-11(13,14)10(17)16-8-3-6-18-9(8)7-1-4-15-5-2-7;/h7-9,15H,1-6H2,(H,16,17);1H/t8-,9+;/m0./s1. The molecule has 0 aromatic carbocycles. The van der Waals surface area contributed by atoms with Crippen molar-refractivity contribution in [3.05, 3.63) is 0 Å². The average molecular weight is 303 g/mol. The molecule has 0 aromatic rings. The Morgan fingerprint density at radius 2 is 1.84 bits per heavy atom. The zero-order chi connectivity index (χ0) is 13.2. The summed E-state index contributed by atoms with van der Waals surface area (Å²) in [6.07, 6.45) is -2.89. The van der Waals surface area contributed by atoms with Crippen LogP contribution in [0.5, 0.6) is 0 Å². The van der Waals surface area contributed by atoms with Crippen molar-refractivity contribution in [1.29, 1.82) is 0 Å². The molecule has 2 rings (SSSR count). The van der Waals surface area contributed by atoms with Crippen LogP contribution in [0.1, 0.15) is 19.3 Å². The largest absolute Gasteiger partial charge is 0.471 e. The van der Waals surface area contributed by atoms with Crippen molar-refractivity contribution in [2.75, 3.05) is 19.7 Å². The fraction of sp³-hybridized carbons (Fsp3) is 0.909. The van der Waals surface area contributed by atoms with Crippen LogP contribution >= 0.6 is 12.4 Å². The molecule has 0 radical (unpaired) electrons. The van der Waals surface area contributed by atoms with E-state index in [0.717, 1.165) is 25.9 Å². The number of alkyl halides is 3. The molecule has 2 aliphatic heterocycles. The SMILES string of the molecule is Cl.O=C(N[C@H]1CCO[C@@H]1C1CCNCC1)C(F)(F)F. The second-order valence-electron chi connectivity index (χ2n) is 4.79. The van der Waals surface area contributed by atoms with Gasteiger partial charge in [-0.1, -0.05) is 0 Å². The lowest BCUT2D eigenvalue weighted by atomic mass is 9.88. The summed E-state index contributed by atoms with van der Waals surface area (Å²) >= 11 is 0. The molecule has 0 aromatic heterocycles. The molecule has 0 bridgehead atoms. The van der Waals surface area contributed by atoms with E-state index in [0.29, 0.717) is 13.0 Å². The van der Waals surface area contributed by atoms with Gasteiger partial charge in [-0.05, 0) is 38.3 Å². The predicted octanol–water partition coefficient (Wildman–Crippen LogP) is 1.24. The van der Waals surface area contributed by atoms with Gasteiger partial charge in [-0.15, -0.1) is 12.4 Å². The van der Waals surface area contributed by atoms with Gasteiger partial charge in [-0.3, -0.25) is 4.79 Å². The summed E-state index contributed by atoms with van der Waals surface area (Å²) in [4.78, 5) is 10.9. The Balaban J connectivity index is 0.00000180. The lowest BCUT2D eigenvalue weighted by molar-refractivity contribution is -0.174. The van der Waals surface area contributed by atoms with Crippen LogP contribution in [0.3, 0.4) is 0 Å². The van der Waals surface area contributed by atoms with Gasteiger partial charge in [0.05, 0.1) is 12.1 Å². The highest BCUT2D eigenvalue weighted by Gasteiger charge is 2.43. The number of amides is 1. The van der Waals surface area contributed by atoms with Crippen molar-refractivity contribution >= 4 is 18.3 Å². The molecule has 2 aliphatic rings. The van der Waals surface area contributed by atoms with Crippen molar-refractivity contribution in [1.82, 2.24) is 10.6 Å². The molecule has 2 atom stereocenters. The highest BCUT2D eigenvalue weighted by Crippen LogP contribution is 2.28. The summed E-state index contributed by atoms with van der Waals surface area (Å²) in [5, 5.41) is 5.25. The molecule has 0 unspecified atom stereocenters. The summed E-state index contributed by atoms with van der Waals surface area (Å²) in [5.41, 5.74) is 0. The molecule has 2 saturated heterocycles. The first-order valence-corrected chi connectivity index (χ1v) is 6.18. The van der Waals surface area contributed by atoms with Crippen LogP contribution in [-0.4, -0.2) is 43.9 Å². The van der Waals surface area contributed by atoms with E-state index in [4.69, 9.17) is 4.74 Å². The van der Waals surface area contributed by atoms with Crippen molar-refractivity contribution in [3.63, 3.8) is 0 Å². The summed E-state index contributed by atoms with van der Waals surface area (Å²) in [6.45, 7) is 2.12. The normalized spacial score (nSPS) is 28.8. The predicted molar refractivity (Wildman–Crippen MR) is 65.2 cm³/mol. The maximum atomic E-state index is 12.2. The molecule has 8 heteroatoms. The first-order valence-electron chi connectivity index (χ1n) is 6.18. The first-order chi connectivity index (χ1) is 8.48. The van der Waals surface area contributed by atoms with Gasteiger partial charge in [0.25, 0.3) is 0 Å². The zero-order valence-electron chi connectivity index (χ0n) is 10.3. The highest BCUT2D eigenvalue weighted by molar-refractivity contribution is 5.85. The minimum Gasteiger partial charge on any atom is -0.376 e. The van der Waals surface area contributed by atoms with E-state index in [1.807, 2.05) is 0 Å². The second kappa shape index (κ2) is 6.76. The molecular weight excluding hydrogens is 285 g/mol. The van der Waals surface area contributed by atoms with E-state index < -0.39 is 18.1 Å².